The van der Waals surface area contributed by atoms with Crippen LogP contribution in [0.1, 0.15) is 32.8 Å². The number of nitrogens with one attached hydrogen (secondary N) is 3. The molecule has 3 amide bonds. The standard InChI is InChI=1S/C23H31F2N3O7/c1-13(2)9-16(28-22(32)33)19(30)27-17(11-34-21(24)25)20(31)26-15(18(29)23(3)12-35-23)10-14-7-5-4-6-8-14/h4-8,13,15-17,21,28H,9-12H2,1-3H3,(H,26,31)(H,27,30)(H,32,33)/t15-,16-,17-,23+/m0/s1. The second kappa shape index (κ2) is 12.5. The van der Waals surface area contributed by atoms with Crippen molar-refractivity contribution in [2.75, 3.05) is 13.2 Å². The van der Waals surface area contributed by atoms with Gasteiger partial charge in [0.15, 0.2) is 5.78 Å². The molecule has 1 aliphatic rings. The zero-order chi connectivity index (χ0) is 26.2. The first-order valence-electron chi connectivity index (χ1n) is 11.1. The van der Waals surface area contributed by atoms with Gasteiger partial charge in [-0.3, -0.25) is 14.4 Å². The van der Waals surface area contributed by atoms with Gasteiger partial charge in [-0.2, -0.15) is 8.78 Å². The van der Waals surface area contributed by atoms with E-state index in [0.29, 0.717) is 0 Å². The first-order chi connectivity index (χ1) is 16.4. The lowest BCUT2D eigenvalue weighted by molar-refractivity contribution is -0.148. The van der Waals surface area contributed by atoms with E-state index in [1.165, 1.54) is 0 Å². The highest BCUT2D eigenvalue weighted by Crippen LogP contribution is 2.29. The van der Waals surface area contributed by atoms with Gasteiger partial charge >= 0.3 is 12.7 Å². The molecule has 0 unspecified atom stereocenters. The Bertz CT molecular complexity index is 894. The molecule has 1 saturated heterocycles. The molecule has 1 aromatic carbocycles. The van der Waals surface area contributed by atoms with Crippen molar-refractivity contribution in [1.82, 2.24) is 16.0 Å². The average Bonchev–Trinajstić information content (AvgIpc) is 3.53. The van der Waals surface area contributed by atoms with Crippen LogP contribution in [0.3, 0.4) is 0 Å². The second-order valence-corrected chi connectivity index (χ2v) is 8.92. The predicted octanol–water partition coefficient (Wildman–Crippen LogP) is 1.48. The van der Waals surface area contributed by atoms with Crippen molar-refractivity contribution in [3.63, 3.8) is 0 Å². The van der Waals surface area contributed by atoms with Crippen LogP contribution in [0.25, 0.3) is 0 Å². The highest BCUT2D eigenvalue weighted by atomic mass is 19.3. The van der Waals surface area contributed by atoms with Gasteiger partial charge in [0.2, 0.25) is 11.8 Å². The summed E-state index contributed by atoms with van der Waals surface area (Å²) < 4.78 is 34.9. The molecule has 2 rings (SSSR count). The molecular formula is C23H31F2N3O7. The van der Waals surface area contributed by atoms with Gasteiger partial charge in [-0.15, -0.1) is 0 Å². The summed E-state index contributed by atoms with van der Waals surface area (Å²) in [5.74, 6) is -2.31. The van der Waals surface area contributed by atoms with Crippen LogP contribution in [0.4, 0.5) is 13.6 Å². The monoisotopic (exact) mass is 499 g/mol. The van der Waals surface area contributed by atoms with Crippen molar-refractivity contribution in [3.05, 3.63) is 35.9 Å². The van der Waals surface area contributed by atoms with E-state index < -0.39 is 60.6 Å². The van der Waals surface area contributed by atoms with Gasteiger partial charge in [0.1, 0.15) is 17.7 Å². The molecule has 0 spiro atoms. The molecule has 0 aliphatic carbocycles. The van der Waals surface area contributed by atoms with E-state index in [0.717, 1.165) is 5.56 Å². The van der Waals surface area contributed by atoms with Crippen molar-refractivity contribution < 1.29 is 42.5 Å². The van der Waals surface area contributed by atoms with Gasteiger partial charge < -0.3 is 30.5 Å². The van der Waals surface area contributed by atoms with Crippen molar-refractivity contribution >= 4 is 23.7 Å². The second-order valence-electron chi connectivity index (χ2n) is 8.92. The SMILES string of the molecule is CC(C)C[C@H](NC(=O)O)C(=O)N[C@@H](COC(F)F)C(=O)N[C@@H](Cc1ccccc1)C(=O)[C@@]1(C)CO1. The summed E-state index contributed by atoms with van der Waals surface area (Å²) in [6.07, 6.45) is -1.24. The Balaban J connectivity index is 2.20. The van der Waals surface area contributed by atoms with E-state index in [1.807, 2.05) is 0 Å². The number of halogens is 2. The number of carbonyl (C=O) groups excluding carboxylic acids is 3. The fraction of sp³-hybridized carbons (Fsp3) is 0.565. The van der Waals surface area contributed by atoms with E-state index in [2.05, 4.69) is 20.7 Å². The zero-order valence-corrected chi connectivity index (χ0v) is 19.8. The lowest BCUT2D eigenvalue weighted by Crippen LogP contribution is -2.58. The number of ketones is 1. The number of hydrogen-bond acceptors (Lipinski definition) is 6. The van der Waals surface area contributed by atoms with Crippen molar-refractivity contribution in [2.45, 2.75) is 64.0 Å². The highest BCUT2D eigenvalue weighted by molar-refractivity contribution is 5.98. The minimum atomic E-state index is -3.22. The molecule has 1 aromatic rings. The molecule has 0 aromatic heterocycles. The predicted molar refractivity (Wildman–Crippen MR) is 120 cm³/mol. The van der Waals surface area contributed by atoms with Crippen LogP contribution in [0.2, 0.25) is 0 Å². The van der Waals surface area contributed by atoms with Crippen LogP contribution >= 0.6 is 0 Å². The van der Waals surface area contributed by atoms with Crippen LogP contribution in [0.5, 0.6) is 0 Å². The third-order valence-electron chi connectivity index (χ3n) is 5.36. The van der Waals surface area contributed by atoms with E-state index in [4.69, 9.17) is 9.84 Å². The van der Waals surface area contributed by atoms with Crippen molar-refractivity contribution in [3.8, 4) is 0 Å². The number of Topliss-reactive ketones (excluding diaryl/α,β-unsaturated/α-hetero) is 1. The first kappa shape index (κ1) is 28.1. The Morgan fingerprint density at radius 2 is 1.60 bits per heavy atom. The summed E-state index contributed by atoms with van der Waals surface area (Å²) in [6, 6.07) is 4.93. The number of carboxylic acid groups (broad SMARTS) is 1. The summed E-state index contributed by atoms with van der Waals surface area (Å²) in [5, 5.41) is 15.9. The quantitative estimate of drug-likeness (QED) is 0.284. The Morgan fingerprint density at radius 1 is 1.03 bits per heavy atom. The zero-order valence-electron chi connectivity index (χ0n) is 19.8. The lowest BCUT2D eigenvalue weighted by Gasteiger charge is -2.26. The number of benzene rings is 1. The highest BCUT2D eigenvalue weighted by Gasteiger charge is 2.50. The Labute approximate surface area is 201 Å². The molecular weight excluding hydrogens is 468 g/mol. The topological polar surface area (TPSA) is 146 Å². The average molecular weight is 500 g/mol. The molecule has 12 heteroatoms. The number of alkyl halides is 2. The van der Waals surface area contributed by atoms with Crippen molar-refractivity contribution in [2.24, 2.45) is 5.92 Å². The molecule has 10 nitrogen and oxygen atoms in total. The molecule has 1 heterocycles. The van der Waals surface area contributed by atoms with Gasteiger partial charge in [-0.25, -0.2) is 4.79 Å². The summed E-state index contributed by atoms with van der Waals surface area (Å²) in [7, 11) is 0. The molecule has 1 aliphatic heterocycles. The molecule has 0 radical (unpaired) electrons. The third kappa shape index (κ3) is 9.21. The van der Waals surface area contributed by atoms with Crippen LogP contribution in [-0.4, -0.2) is 72.3 Å². The van der Waals surface area contributed by atoms with Gasteiger partial charge in [0.05, 0.1) is 19.3 Å². The maximum atomic E-state index is 13.0. The smallest absolute Gasteiger partial charge is 0.405 e. The van der Waals surface area contributed by atoms with E-state index in [1.54, 1.807) is 51.1 Å². The Hall–Kier alpha value is -3.12. The largest absolute Gasteiger partial charge is 0.465 e. The first-order valence-corrected chi connectivity index (χ1v) is 11.1. The maximum absolute atomic E-state index is 13.0. The number of rotatable bonds is 14. The maximum Gasteiger partial charge on any atom is 0.405 e. The summed E-state index contributed by atoms with van der Waals surface area (Å²) >= 11 is 0. The Kier molecular flexibility index (Phi) is 10.1. The Morgan fingerprint density at radius 3 is 2.11 bits per heavy atom. The number of hydrogen-bond donors (Lipinski definition) is 4. The molecule has 1 fully saturated rings. The minimum absolute atomic E-state index is 0.0886. The van der Waals surface area contributed by atoms with Gasteiger partial charge in [0.25, 0.3) is 0 Å². The number of ether oxygens (including phenoxy) is 2. The van der Waals surface area contributed by atoms with Crippen LogP contribution in [0.15, 0.2) is 30.3 Å². The normalized spacial score (nSPS) is 19.5. The summed E-state index contributed by atoms with van der Waals surface area (Å²) in [6.45, 7) is 1.16. The van der Waals surface area contributed by atoms with Gasteiger partial charge in [-0.05, 0) is 31.2 Å². The molecule has 4 N–H and O–H groups in total. The van der Waals surface area contributed by atoms with Gasteiger partial charge in [0, 0.05) is 0 Å². The third-order valence-corrected chi connectivity index (χ3v) is 5.36. The fourth-order valence-electron chi connectivity index (χ4n) is 3.43. The van der Waals surface area contributed by atoms with Crippen LogP contribution < -0.4 is 16.0 Å². The minimum Gasteiger partial charge on any atom is -0.465 e. The van der Waals surface area contributed by atoms with E-state index in [9.17, 15) is 28.0 Å². The lowest BCUT2D eigenvalue weighted by atomic mass is 9.94. The fourth-order valence-corrected chi connectivity index (χ4v) is 3.43. The molecule has 35 heavy (non-hydrogen) atoms. The van der Waals surface area contributed by atoms with Crippen LogP contribution in [0, 0.1) is 5.92 Å². The molecule has 0 saturated carbocycles. The van der Waals surface area contributed by atoms with E-state index in [-0.39, 0.29) is 25.4 Å². The van der Waals surface area contributed by atoms with Gasteiger partial charge in [-0.1, -0.05) is 44.2 Å². The van der Waals surface area contributed by atoms with Crippen LogP contribution in [-0.2, 0) is 30.3 Å². The number of epoxide rings is 1. The molecule has 194 valence electrons. The number of carbonyl (C=O) groups is 4. The van der Waals surface area contributed by atoms with E-state index >= 15 is 0 Å². The molecule has 0 bridgehead atoms. The molecule has 4 atom stereocenters. The summed E-state index contributed by atoms with van der Waals surface area (Å²) in [5.41, 5.74) is -0.332. The summed E-state index contributed by atoms with van der Waals surface area (Å²) in [4.78, 5) is 49.8. The number of amides is 3. The van der Waals surface area contributed by atoms with Crippen molar-refractivity contribution in [1.29, 1.82) is 0 Å².